The number of para-hydroxylation sites is 1. The maximum Gasteiger partial charge on any atom is 0.164 e. The molecule has 61 heavy (non-hydrogen) atoms. The summed E-state index contributed by atoms with van der Waals surface area (Å²) >= 11 is 0. The first kappa shape index (κ1) is 34.8. The molecule has 4 nitrogen and oxygen atoms in total. The maximum atomic E-state index is 6.79. The third-order valence-corrected chi connectivity index (χ3v) is 12.0. The van der Waals surface area contributed by atoms with Gasteiger partial charge < -0.3 is 4.42 Å². The van der Waals surface area contributed by atoms with Gasteiger partial charge in [-0.1, -0.05) is 194 Å². The van der Waals surface area contributed by atoms with Crippen LogP contribution in [-0.4, -0.2) is 15.0 Å². The van der Waals surface area contributed by atoms with Gasteiger partial charge in [-0.15, -0.1) is 0 Å². The molecule has 0 unspecified atom stereocenters. The summed E-state index contributed by atoms with van der Waals surface area (Å²) in [5.41, 5.74) is 11.2. The molecule has 0 bridgehead atoms. The van der Waals surface area contributed by atoms with Crippen LogP contribution in [0, 0.1) is 0 Å². The second kappa shape index (κ2) is 14.3. The average Bonchev–Trinajstić information content (AvgIpc) is 3.73. The molecule has 2 aromatic heterocycles. The number of hydrogen-bond acceptors (Lipinski definition) is 4. The number of nitrogens with zero attached hydrogens (tertiary/aromatic N) is 3. The predicted molar refractivity (Wildman–Crippen MR) is 252 cm³/mol. The van der Waals surface area contributed by atoms with Crippen LogP contribution in [0.25, 0.3) is 122 Å². The lowest BCUT2D eigenvalue weighted by molar-refractivity contribution is 0.670. The Labute approximate surface area is 352 Å². The molecule has 0 saturated heterocycles. The Morgan fingerprint density at radius 1 is 0.279 bits per heavy atom. The highest BCUT2D eigenvalue weighted by atomic mass is 16.3. The Kier molecular flexibility index (Phi) is 8.13. The van der Waals surface area contributed by atoms with Gasteiger partial charge in [0.05, 0.1) is 0 Å². The molecule has 0 atom stereocenters. The summed E-state index contributed by atoms with van der Waals surface area (Å²) in [6.45, 7) is 0. The molecule has 2 heterocycles. The van der Waals surface area contributed by atoms with E-state index in [1.165, 1.54) is 16.5 Å². The molecule has 0 fully saturated rings. The van der Waals surface area contributed by atoms with Crippen molar-refractivity contribution < 1.29 is 4.42 Å². The Morgan fingerprint density at radius 2 is 0.754 bits per heavy atom. The second-order valence-corrected chi connectivity index (χ2v) is 15.5. The normalized spacial score (nSPS) is 11.6. The van der Waals surface area contributed by atoms with E-state index in [2.05, 4.69) is 194 Å². The summed E-state index contributed by atoms with van der Waals surface area (Å²) in [5, 5.41) is 8.75. The van der Waals surface area contributed by atoms with E-state index in [4.69, 9.17) is 19.4 Å². The van der Waals surface area contributed by atoms with Gasteiger partial charge in [-0.25, -0.2) is 15.0 Å². The first-order chi connectivity index (χ1) is 30.2. The van der Waals surface area contributed by atoms with Gasteiger partial charge in [0.25, 0.3) is 0 Å². The minimum Gasteiger partial charge on any atom is -0.455 e. The lowest BCUT2D eigenvalue weighted by Gasteiger charge is -2.14. The summed E-state index contributed by atoms with van der Waals surface area (Å²) in [6, 6.07) is 74.5. The quantitative estimate of drug-likeness (QED) is 0.158. The maximum absolute atomic E-state index is 6.79. The Hall–Kier alpha value is -8.21. The molecule has 0 spiro atoms. The molecular weight excluding hydrogens is 743 g/mol. The van der Waals surface area contributed by atoms with Crippen molar-refractivity contribution in [2.24, 2.45) is 0 Å². The van der Waals surface area contributed by atoms with E-state index in [0.29, 0.717) is 17.5 Å². The Bertz CT molecular complexity index is 3630. The fourth-order valence-corrected chi connectivity index (χ4v) is 9.07. The minimum atomic E-state index is 0.583. The van der Waals surface area contributed by atoms with E-state index in [-0.39, 0.29) is 0 Å². The topological polar surface area (TPSA) is 51.8 Å². The van der Waals surface area contributed by atoms with Gasteiger partial charge in [0, 0.05) is 33.0 Å². The molecule has 0 N–H and O–H groups in total. The molecule has 4 heteroatoms. The summed E-state index contributed by atoms with van der Waals surface area (Å²) in [7, 11) is 0. The highest BCUT2D eigenvalue weighted by molar-refractivity contribution is 6.16. The fourth-order valence-electron chi connectivity index (χ4n) is 9.07. The Balaban J connectivity index is 1.09. The lowest BCUT2D eigenvalue weighted by atomic mass is 9.94. The summed E-state index contributed by atoms with van der Waals surface area (Å²) < 4.78 is 6.79. The SMILES string of the molecule is c1ccc(-c2ccc(-c3cccc4c3oc3cccc(-c5nc(-c6ccc(-c7ccccc7)c7ccccc67)nc(-c6cc7ccccc7c7ccccc67)n5)c34)cc2)cc1. The first-order valence-electron chi connectivity index (χ1n) is 20.6. The molecule has 12 rings (SSSR count). The van der Waals surface area contributed by atoms with E-state index < -0.39 is 0 Å². The molecular formula is C57H35N3O. The van der Waals surface area contributed by atoms with Gasteiger partial charge in [-0.2, -0.15) is 0 Å². The molecule has 0 amide bonds. The van der Waals surface area contributed by atoms with Crippen molar-refractivity contribution in [2.75, 3.05) is 0 Å². The van der Waals surface area contributed by atoms with Gasteiger partial charge in [0.2, 0.25) is 0 Å². The van der Waals surface area contributed by atoms with E-state index in [0.717, 1.165) is 87.8 Å². The monoisotopic (exact) mass is 777 g/mol. The van der Waals surface area contributed by atoms with Crippen LogP contribution in [0.2, 0.25) is 0 Å². The van der Waals surface area contributed by atoms with Crippen LogP contribution in [0.1, 0.15) is 0 Å². The van der Waals surface area contributed by atoms with Crippen molar-refractivity contribution in [3.05, 3.63) is 212 Å². The van der Waals surface area contributed by atoms with Crippen molar-refractivity contribution in [1.29, 1.82) is 0 Å². The smallest absolute Gasteiger partial charge is 0.164 e. The summed E-state index contributed by atoms with van der Waals surface area (Å²) in [6.07, 6.45) is 0. The standard InChI is InChI=1S/C57H35N3O/c1-3-15-36(16-4-1)37-29-31-39(32-30-37)43-25-13-26-49-53-50(27-14-28-52(53)61-54(43)49)56-58-55(48-34-33-42(38-17-5-2-6-18-38)45-22-9-11-23-46(45)48)59-57(60-56)51-35-40-19-7-8-20-41(40)44-21-10-12-24-47(44)51/h1-35H. The molecule has 284 valence electrons. The van der Waals surface area contributed by atoms with Crippen molar-refractivity contribution in [3.63, 3.8) is 0 Å². The highest BCUT2D eigenvalue weighted by Crippen LogP contribution is 2.42. The van der Waals surface area contributed by atoms with E-state index in [9.17, 15) is 0 Å². The number of furan rings is 1. The third kappa shape index (κ3) is 5.88. The number of hydrogen-bond donors (Lipinski definition) is 0. The second-order valence-electron chi connectivity index (χ2n) is 15.5. The van der Waals surface area contributed by atoms with Gasteiger partial charge in [-0.3, -0.25) is 0 Å². The predicted octanol–water partition coefficient (Wildman–Crippen LogP) is 15.2. The highest BCUT2D eigenvalue weighted by Gasteiger charge is 2.22. The number of fused-ring (bicyclic) bond motifs is 7. The zero-order chi connectivity index (χ0) is 40.3. The molecule has 0 aliphatic rings. The van der Waals surface area contributed by atoms with Gasteiger partial charge in [0.1, 0.15) is 11.2 Å². The Morgan fingerprint density at radius 3 is 1.49 bits per heavy atom. The zero-order valence-corrected chi connectivity index (χ0v) is 33.0. The summed E-state index contributed by atoms with van der Waals surface area (Å²) in [4.78, 5) is 16.2. The summed E-state index contributed by atoms with van der Waals surface area (Å²) in [5.74, 6) is 1.80. The van der Waals surface area contributed by atoms with Crippen LogP contribution in [0.5, 0.6) is 0 Å². The van der Waals surface area contributed by atoms with Crippen molar-refractivity contribution >= 4 is 54.3 Å². The van der Waals surface area contributed by atoms with Crippen LogP contribution >= 0.6 is 0 Å². The van der Waals surface area contributed by atoms with Crippen LogP contribution in [0.4, 0.5) is 0 Å². The van der Waals surface area contributed by atoms with Crippen molar-refractivity contribution in [1.82, 2.24) is 15.0 Å². The van der Waals surface area contributed by atoms with Crippen LogP contribution in [0.15, 0.2) is 217 Å². The number of rotatable bonds is 6. The van der Waals surface area contributed by atoms with Gasteiger partial charge in [0.15, 0.2) is 17.5 Å². The zero-order valence-electron chi connectivity index (χ0n) is 33.0. The number of aromatic nitrogens is 3. The lowest BCUT2D eigenvalue weighted by Crippen LogP contribution is -2.01. The van der Waals surface area contributed by atoms with E-state index >= 15 is 0 Å². The van der Waals surface area contributed by atoms with Crippen LogP contribution in [0.3, 0.4) is 0 Å². The molecule has 0 aliphatic carbocycles. The molecule has 10 aromatic carbocycles. The first-order valence-corrected chi connectivity index (χ1v) is 20.6. The molecule has 12 aromatic rings. The van der Waals surface area contributed by atoms with Gasteiger partial charge in [-0.05, 0) is 78.3 Å². The van der Waals surface area contributed by atoms with Crippen LogP contribution in [-0.2, 0) is 0 Å². The van der Waals surface area contributed by atoms with E-state index in [1.807, 2.05) is 18.2 Å². The van der Waals surface area contributed by atoms with Crippen molar-refractivity contribution in [2.45, 2.75) is 0 Å². The van der Waals surface area contributed by atoms with Crippen LogP contribution < -0.4 is 0 Å². The average molecular weight is 778 g/mol. The van der Waals surface area contributed by atoms with E-state index in [1.54, 1.807) is 0 Å². The minimum absolute atomic E-state index is 0.583. The fraction of sp³-hybridized carbons (Fsp3) is 0. The molecule has 0 aliphatic heterocycles. The third-order valence-electron chi connectivity index (χ3n) is 12.0. The number of benzene rings is 10. The molecule has 0 saturated carbocycles. The molecule has 0 radical (unpaired) electrons. The largest absolute Gasteiger partial charge is 0.455 e. The van der Waals surface area contributed by atoms with Crippen molar-refractivity contribution in [3.8, 4) is 67.5 Å². The van der Waals surface area contributed by atoms with Gasteiger partial charge >= 0.3 is 0 Å².